The molecule has 0 saturated heterocycles. The van der Waals surface area contributed by atoms with Crippen LogP contribution in [0, 0.1) is 0 Å². The van der Waals surface area contributed by atoms with Crippen LogP contribution in [-0.4, -0.2) is 0 Å². The largest absolute Gasteiger partial charge is 0.0807 e. The molecular weight excluding hydrogens is 180 g/mol. The Morgan fingerprint density at radius 2 is 1.87 bits per heavy atom. The third-order valence-corrected chi connectivity index (χ3v) is 3.78. The first-order valence-electron chi connectivity index (χ1n) is 6.25. The van der Waals surface area contributed by atoms with Crippen molar-refractivity contribution in [3.63, 3.8) is 0 Å². The van der Waals surface area contributed by atoms with Gasteiger partial charge in [-0.25, -0.2) is 0 Å². The molecule has 0 fully saturated rings. The fourth-order valence-corrected chi connectivity index (χ4v) is 3.00. The van der Waals surface area contributed by atoms with Crippen molar-refractivity contribution in [2.75, 3.05) is 0 Å². The van der Waals surface area contributed by atoms with E-state index in [-0.39, 0.29) is 0 Å². The van der Waals surface area contributed by atoms with Crippen LogP contribution in [0.15, 0.2) is 24.3 Å². The molecule has 0 amide bonds. The van der Waals surface area contributed by atoms with E-state index in [0.717, 1.165) is 0 Å². The van der Waals surface area contributed by atoms with Crippen LogP contribution < -0.4 is 0 Å². The molecule has 0 bridgehead atoms. The molecule has 0 aliphatic heterocycles. The van der Waals surface area contributed by atoms with Gasteiger partial charge in [-0.15, -0.1) is 0 Å². The summed E-state index contributed by atoms with van der Waals surface area (Å²) in [6, 6.07) is 6.89. The Labute approximate surface area is 92.0 Å². The highest BCUT2D eigenvalue weighted by molar-refractivity contribution is 5.70. The highest BCUT2D eigenvalue weighted by Crippen LogP contribution is 2.34. The zero-order valence-corrected chi connectivity index (χ0v) is 9.26. The Morgan fingerprint density at radius 3 is 2.73 bits per heavy atom. The van der Waals surface area contributed by atoms with Crippen LogP contribution >= 0.6 is 0 Å². The molecule has 0 nitrogen and oxygen atoms in total. The fourth-order valence-electron chi connectivity index (χ4n) is 3.00. The molecule has 78 valence electrons. The van der Waals surface area contributed by atoms with Crippen LogP contribution in [0.4, 0.5) is 0 Å². The lowest BCUT2D eigenvalue weighted by Gasteiger charge is -2.16. The Kier molecular flexibility index (Phi) is 2.36. The summed E-state index contributed by atoms with van der Waals surface area (Å²) in [7, 11) is 0. The highest BCUT2D eigenvalue weighted by atomic mass is 14.2. The Hall–Kier alpha value is -1.04. The van der Waals surface area contributed by atoms with Gasteiger partial charge in [-0.1, -0.05) is 24.3 Å². The SMILES string of the molecule is C1=C(c2cccc3c2CCC3)CCCC1. The molecule has 0 atom stereocenters. The van der Waals surface area contributed by atoms with Gasteiger partial charge in [-0.3, -0.25) is 0 Å². The number of aryl methyl sites for hydroxylation is 1. The second-order valence-electron chi connectivity index (χ2n) is 4.77. The quantitative estimate of drug-likeness (QED) is 0.636. The van der Waals surface area contributed by atoms with Gasteiger partial charge in [0.15, 0.2) is 0 Å². The smallest absolute Gasteiger partial charge is 0.0193 e. The van der Waals surface area contributed by atoms with Crippen molar-refractivity contribution in [2.24, 2.45) is 0 Å². The van der Waals surface area contributed by atoms with E-state index in [0.29, 0.717) is 0 Å². The second kappa shape index (κ2) is 3.84. The van der Waals surface area contributed by atoms with Gasteiger partial charge in [0.2, 0.25) is 0 Å². The highest BCUT2D eigenvalue weighted by Gasteiger charge is 2.17. The number of allylic oxidation sites excluding steroid dienone is 2. The van der Waals surface area contributed by atoms with E-state index in [1.165, 1.54) is 44.9 Å². The van der Waals surface area contributed by atoms with E-state index in [2.05, 4.69) is 24.3 Å². The van der Waals surface area contributed by atoms with Gasteiger partial charge >= 0.3 is 0 Å². The van der Waals surface area contributed by atoms with E-state index in [9.17, 15) is 0 Å². The molecule has 3 rings (SSSR count). The summed E-state index contributed by atoms with van der Waals surface area (Å²) < 4.78 is 0. The molecule has 15 heavy (non-hydrogen) atoms. The van der Waals surface area contributed by atoms with Crippen LogP contribution in [0.1, 0.15) is 48.8 Å². The lowest BCUT2D eigenvalue weighted by atomic mass is 9.89. The number of rotatable bonds is 1. The van der Waals surface area contributed by atoms with Crippen LogP contribution in [0.25, 0.3) is 5.57 Å². The van der Waals surface area contributed by atoms with E-state index < -0.39 is 0 Å². The fraction of sp³-hybridized carbons (Fsp3) is 0.467. The molecular formula is C15H18. The van der Waals surface area contributed by atoms with Crippen molar-refractivity contribution < 1.29 is 0 Å². The molecule has 0 heteroatoms. The normalized spacial score (nSPS) is 19.9. The van der Waals surface area contributed by atoms with Crippen LogP contribution in [0.5, 0.6) is 0 Å². The first-order valence-corrected chi connectivity index (χ1v) is 6.25. The summed E-state index contributed by atoms with van der Waals surface area (Å²) in [4.78, 5) is 0. The van der Waals surface area contributed by atoms with Crippen LogP contribution in [-0.2, 0) is 12.8 Å². The van der Waals surface area contributed by atoms with Crippen molar-refractivity contribution in [1.82, 2.24) is 0 Å². The Balaban J connectivity index is 2.04. The van der Waals surface area contributed by atoms with Gasteiger partial charge in [-0.2, -0.15) is 0 Å². The topological polar surface area (TPSA) is 0 Å². The zero-order valence-electron chi connectivity index (χ0n) is 9.26. The summed E-state index contributed by atoms with van der Waals surface area (Å²) in [6.07, 6.45) is 11.8. The number of hydrogen-bond donors (Lipinski definition) is 0. The molecule has 0 saturated carbocycles. The molecule has 0 spiro atoms. The van der Waals surface area contributed by atoms with Gasteiger partial charge in [0.25, 0.3) is 0 Å². The van der Waals surface area contributed by atoms with Gasteiger partial charge in [0.05, 0.1) is 0 Å². The van der Waals surface area contributed by atoms with E-state index in [4.69, 9.17) is 0 Å². The Bertz CT molecular complexity index is 398. The monoisotopic (exact) mass is 198 g/mol. The first-order chi connectivity index (χ1) is 7.45. The molecule has 1 aromatic rings. The molecule has 0 aromatic heterocycles. The minimum atomic E-state index is 1.29. The number of benzene rings is 1. The molecule has 0 N–H and O–H groups in total. The standard InChI is InChI=1S/C15H18/c1-2-6-12(7-3-1)14-10-4-8-13-9-5-11-15(13)14/h4,6,8,10H,1-3,5,7,9,11H2. The van der Waals surface area contributed by atoms with Crippen molar-refractivity contribution in [2.45, 2.75) is 44.9 Å². The minimum absolute atomic E-state index is 1.29. The van der Waals surface area contributed by atoms with Gasteiger partial charge < -0.3 is 0 Å². The predicted octanol–water partition coefficient (Wildman–Crippen LogP) is 4.13. The van der Waals surface area contributed by atoms with Gasteiger partial charge in [0, 0.05) is 0 Å². The Morgan fingerprint density at radius 1 is 0.867 bits per heavy atom. The molecule has 2 aliphatic rings. The van der Waals surface area contributed by atoms with Crippen molar-refractivity contribution >= 4 is 5.57 Å². The third-order valence-electron chi connectivity index (χ3n) is 3.78. The lowest BCUT2D eigenvalue weighted by molar-refractivity contribution is 0.741. The summed E-state index contributed by atoms with van der Waals surface area (Å²) in [6.45, 7) is 0. The second-order valence-corrected chi connectivity index (χ2v) is 4.77. The summed E-state index contributed by atoms with van der Waals surface area (Å²) in [5.74, 6) is 0. The van der Waals surface area contributed by atoms with Crippen LogP contribution in [0.3, 0.4) is 0 Å². The summed E-state index contributed by atoms with van der Waals surface area (Å²) >= 11 is 0. The molecule has 1 aromatic carbocycles. The van der Waals surface area contributed by atoms with Gasteiger partial charge in [0.1, 0.15) is 0 Å². The predicted molar refractivity (Wildman–Crippen MR) is 64.9 cm³/mol. The summed E-state index contributed by atoms with van der Waals surface area (Å²) in [5, 5.41) is 0. The number of hydrogen-bond acceptors (Lipinski definition) is 0. The maximum Gasteiger partial charge on any atom is -0.0193 e. The molecule has 0 radical (unpaired) electrons. The minimum Gasteiger partial charge on any atom is -0.0807 e. The average molecular weight is 198 g/mol. The van der Waals surface area contributed by atoms with E-state index >= 15 is 0 Å². The van der Waals surface area contributed by atoms with E-state index in [1.807, 2.05) is 0 Å². The molecule has 0 heterocycles. The van der Waals surface area contributed by atoms with Crippen molar-refractivity contribution in [1.29, 1.82) is 0 Å². The third kappa shape index (κ3) is 1.62. The average Bonchev–Trinajstić information content (AvgIpc) is 2.78. The number of fused-ring (bicyclic) bond motifs is 1. The maximum absolute atomic E-state index is 2.47. The van der Waals surface area contributed by atoms with E-state index in [1.54, 1.807) is 22.3 Å². The zero-order chi connectivity index (χ0) is 10.1. The van der Waals surface area contributed by atoms with Crippen molar-refractivity contribution in [3.05, 3.63) is 41.0 Å². The maximum atomic E-state index is 2.47. The molecule has 2 aliphatic carbocycles. The molecule has 0 unspecified atom stereocenters. The first kappa shape index (κ1) is 9.21. The summed E-state index contributed by atoms with van der Waals surface area (Å²) in [5.41, 5.74) is 6.47. The van der Waals surface area contributed by atoms with Gasteiger partial charge in [-0.05, 0) is 67.2 Å². The van der Waals surface area contributed by atoms with Crippen molar-refractivity contribution in [3.8, 4) is 0 Å². The van der Waals surface area contributed by atoms with Crippen LogP contribution in [0.2, 0.25) is 0 Å². The lowest BCUT2D eigenvalue weighted by Crippen LogP contribution is -1.96.